The minimum absolute atomic E-state index is 0.306. The Kier molecular flexibility index (Phi) is 4.08. The van der Waals surface area contributed by atoms with Gasteiger partial charge in [0, 0.05) is 29.1 Å². The monoisotopic (exact) mass is 418 g/mol. The predicted molar refractivity (Wildman–Crippen MR) is 129 cm³/mol. The lowest BCUT2D eigenvalue weighted by atomic mass is 9.98. The highest BCUT2D eigenvalue weighted by atomic mass is 14.9. The van der Waals surface area contributed by atoms with E-state index in [1.54, 1.807) is 12.4 Å². The maximum absolute atomic E-state index is 4.85. The zero-order valence-corrected chi connectivity index (χ0v) is 18.1. The number of aromatic nitrogens is 6. The van der Waals surface area contributed by atoms with E-state index >= 15 is 0 Å². The zero-order chi connectivity index (χ0) is 21.8. The molecule has 0 amide bonds. The number of H-pyrrole nitrogens is 2. The van der Waals surface area contributed by atoms with Crippen LogP contribution in [0.3, 0.4) is 0 Å². The molecule has 0 saturated carbocycles. The van der Waals surface area contributed by atoms with Gasteiger partial charge < -0.3 is 9.97 Å². The number of nitrogens with zero attached hydrogens (tertiary/aromatic N) is 4. The number of benzene rings is 3. The highest BCUT2D eigenvalue weighted by Gasteiger charge is 2.16. The number of imidazole rings is 2. The Morgan fingerprint density at radius 2 is 1.44 bits per heavy atom. The molecule has 3 aromatic carbocycles. The summed E-state index contributed by atoms with van der Waals surface area (Å²) in [6.45, 7) is 6.24. The van der Waals surface area contributed by atoms with Gasteiger partial charge in [-0.1, -0.05) is 50.2 Å². The SMILES string of the molecule is Cc1ncc(-c2ccc(-c3ccc4c(c3)c3nccnc3c3nc(C(C)C)[nH]c43)cc2)[nH]1. The largest absolute Gasteiger partial charge is 0.342 e. The molecule has 156 valence electrons. The molecule has 6 rings (SSSR count). The Labute approximate surface area is 184 Å². The van der Waals surface area contributed by atoms with Crippen molar-refractivity contribution in [2.24, 2.45) is 0 Å². The lowest BCUT2D eigenvalue weighted by Crippen LogP contribution is -1.89. The minimum Gasteiger partial charge on any atom is -0.342 e. The molecule has 0 saturated heterocycles. The highest BCUT2D eigenvalue weighted by molar-refractivity contribution is 6.21. The molecular formula is C26H22N6. The second-order valence-electron chi connectivity index (χ2n) is 8.47. The summed E-state index contributed by atoms with van der Waals surface area (Å²) in [6.07, 6.45) is 5.35. The summed E-state index contributed by atoms with van der Waals surface area (Å²) in [5, 5.41) is 2.19. The third kappa shape index (κ3) is 2.87. The van der Waals surface area contributed by atoms with Gasteiger partial charge in [0.05, 0.1) is 22.9 Å². The quantitative estimate of drug-likeness (QED) is 0.338. The molecule has 0 bridgehead atoms. The molecule has 0 radical (unpaired) electrons. The number of fused-ring (bicyclic) bond motifs is 6. The van der Waals surface area contributed by atoms with Crippen LogP contribution in [0.25, 0.3) is 55.2 Å². The summed E-state index contributed by atoms with van der Waals surface area (Å²) in [5.41, 5.74) is 8.05. The molecular weight excluding hydrogens is 396 g/mol. The molecule has 0 fully saturated rings. The Hall–Kier alpha value is -4.06. The minimum atomic E-state index is 0.306. The van der Waals surface area contributed by atoms with Crippen molar-refractivity contribution in [3.63, 3.8) is 0 Å². The highest BCUT2D eigenvalue weighted by Crippen LogP contribution is 2.35. The maximum atomic E-state index is 4.85. The summed E-state index contributed by atoms with van der Waals surface area (Å²) in [5.74, 6) is 2.19. The first kappa shape index (κ1) is 18.7. The number of aromatic amines is 2. The van der Waals surface area contributed by atoms with Gasteiger partial charge in [0.15, 0.2) is 0 Å². The van der Waals surface area contributed by atoms with Crippen molar-refractivity contribution in [3.8, 4) is 22.4 Å². The Balaban J connectivity index is 1.54. The average Bonchev–Trinajstić information content (AvgIpc) is 3.46. The summed E-state index contributed by atoms with van der Waals surface area (Å²) < 4.78 is 0. The van der Waals surface area contributed by atoms with Gasteiger partial charge in [-0.15, -0.1) is 0 Å². The Morgan fingerprint density at radius 3 is 2.16 bits per heavy atom. The third-order valence-corrected chi connectivity index (χ3v) is 5.97. The predicted octanol–water partition coefficient (Wildman–Crippen LogP) is 6.15. The van der Waals surface area contributed by atoms with Crippen LogP contribution in [0.2, 0.25) is 0 Å². The molecule has 0 unspecified atom stereocenters. The molecule has 0 atom stereocenters. The first-order valence-corrected chi connectivity index (χ1v) is 10.8. The number of rotatable bonds is 3. The van der Waals surface area contributed by atoms with Gasteiger partial charge in [-0.3, -0.25) is 9.97 Å². The van der Waals surface area contributed by atoms with E-state index in [9.17, 15) is 0 Å². The zero-order valence-electron chi connectivity index (χ0n) is 18.1. The van der Waals surface area contributed by atoms with Crippen molar-refractivity contribution >= 4 is 32.8 Å². The van der Waals surface area contributed by atoms with Crippen molar-refractivity contribution in [2.45, 2.75) is 26.7 Å². The van der Waals surface area contributed by atoms with E-state index in [1.807, 2.05) is 13.1 Å². The van der Waals surface area contributed by atoms with Crippen molar-refractivity contribution in [1.29, 1.82) is 0 Å². The lowest BCUT2D eigenvalue weighted by Gasteiger charge is -2.08. The number of aryl methyl sites for hydroxylation is 1. The average molecular weight is 419 g/mol. The summed E-state index contributed by atoms with van der Waals surface area (Å²) >= 11 is 0. The van der Waals surface area contributed by atoms with E-state index < -0.39 is 0 Å². The Morgan fingerprint density at radius 1 is 0.719 bits per heavy atom. The van der Waals surface area contributed by atoms with Crippen LogP contribution in [-0.4, -0.2) is 29.9 Å². The first-order valence-electron chi connectivity index (χ1n) is 10.8. The van der Waals surface area contributed by atoms with E-state index in [0.29, 0.717) is 5.92 Å². The fraction of sp³-hybridized carbons (Fsp3) is 0.154. The fourth-order valence-corrected chi connectivity index (χ4v) is 4.29. The normalized spacial score (nSPS) is 11.9. The van der Waals surface area contributed by atoms with Gasteiger partial charge in [-0.25, -0.2) is 9.97 Å². The van der Waals surface area contributed by atoms with Crippen molar-refractivity contribution < 1.29 is 0 Å². The number of hydrogen-bond acceptors (Lipinski definition) is 4. The summed E-state index contributed by atoms with van der Waals surface area (Å²) in [4.78, 5) is 25.3. The molecule has 0 aliphatic heterocycles. The molecule has 3 heterocycles. The van der Waals surface area contributed by atoms with Gasteiger partial charge >= 0.3 is 0 Å². The lowest BCUT2D eigenvalue weighted by molar-refractivity contribution is 0.799. The molecule has 3 aromatic heterocycles. The van der Waals surface area contributed by atoms with Crippen molar-refractivity contribution in [1.82, 2.24) is 29.9 Å². The topological polar surface area (TPSA) is 83.1 Å². The van der Waals surface area contributed by atoms with Crippen LogP contribution in [-0.2, 0) is 0 Å². The van der Waals surface area contributed by atoms with Crippen LogP contribution in [0, 0.1) is 6.92 Å². The molecule has 0 spiro atoms. The van der Waals surface area contributed by atoms with E-state index in [1.165, 1.54) is 0 Å². The van der Waals surface area contributed by atoms with E-state index in [4.69, 9.17) is 4.98 Å². The van der Waals surface area contributed by atoms with Crippen LogP contribution in [0.1, 0.15) is 31.4 Å². The summed E-state index contributed by atoms with van der Waals surface area (Å²) in [6, 6.07) is 15.1. The van der Waals surface area contributed by atoms with Gasteiger partial charge in [0.2, 0.25) is 0 Å². The smallest absolute Gasteiger partial charge is 0.117 e. The standard InChI is InChI=1S/C26H22N6/c1-14(2)26-31-23-19-9-8-18(12-20(19)22-24(25(23)32-26)28-11-10-27-22)16-4-6-17(7-5-16)21-13-29-15(3)30-21/h4-14H,1-3H3,(H,29,30)(H,31,32). The van der Waals surface area contributed by atoms with Gasteiger partial charge in [-0.05, 0) is 29.7 Å². The van der Waals surface area contributed by atoms with E-state index in [0.717, 1.165) is 66.9 Å². The van der Waals surface area contributed by atoms with Gasteiger partial charge in [0.1, 0.15) is 22.7 Å². The first-order chi connectivity index (χ1) is 15.6. The fourth-order valence-electron chi connectivity index (χ4n) is 4.29. The third-order valence-electron chi connectivity index (χ3n) is 5.97. The molecule has 2 N–H and O–H groups in total. The van der Waals surface area contributed by atoms with Crippen LogP contribution in [0.5, 0.6) is 0 Å². The van der Waals surface area contributed by atoms with Crippen LogP contribution < -0.4 is 0 Å². The molecule has 0 aliphatic carbocycles. The van der Waals surface area contributed by atoms with Gasteiger partial charge in [-0.2, -0.15) is 0 Å². The second-order valence-corrected chi connectivity index (χ2v) is 8.47. The van der Waals surface area contributed by atoms with E-state index in [-0.39, 0.29) is 0 Å². The maximum Gasteiger partial charge on any atom is 0.117 e. The summed E-state index contributed by atoms with van der Waals surface area (Å²) in [7, 11) is 0. The molecule has 0 aliphatic rings. The van der Waals surface area contributed by atoms with E-state index in [2.05, 4.69) is 81.2 Å². The Bertz CT molecular complexity index is 1610. The van der Waals surface area contributed by atoms with Crippen LogP contribution >= 0.6 is 0 Å². The number of hydrogen-bond donors (Lipinski definition) is 2. The second kappa shape index (κ2) is 6.99. The van der Waals surface area contributed by atoms with Crippen molar-refractivity contribution in [2.75, 3.05) is 0 Å². The van der Waals surface area contributed by atoms with Crippen molar-refractivity contribution in [3.05, 3.63) is 72.7 Å². The molecule has 6 aromatic rings. The molecule has 6 nitrogen and oxygen atoms in total. The molecule has 6 heteroatoms. The van der Waals surface area contributed by atoms with Crippen LogP contribution in [0.15, 0.2) is 61.1 Å². The number of nitrogens with one attached hydrogen (secondary N) is 2. The van der Waals surface area contributed by atoms with Crippen LogP contribution in [0.4, 0.5) is 0 Å². The van der Waals surface area contributed by atoms with Gasteiger partial charge in [0.25, 0.3) is 0 Å². The molecule has 32 heavy (non-hydrogen) atoms.